The summed E-state index contributed by atoms with van der Waals surface area (Å²) >= 11 is 0. The molecule has 1 N–H and O–H groups in total. The molecule has 0 saturated carbocycles. The number of nitrogens with zero attached hydrogens (tertiary/aromatic N) is 4. The average Bonchev–Trinajstić information content (AvgIpc) is 3.29. The third kappa shape index (κ3) is 3.48. The topological polar surface area (TPSA) is 80.1 Å². The van der Waals surface area contributed by atoms with E-state index in [0.717, 1.165) is 5.69 Å². The summed E-state index contributed by atoms with van der Waals surface area (Å²) in [6, 6.07) is 13.3. The van der Waals surface area contributed by atoms with Gasteiger partial charge in [-0.1, -0.05) is 23.4 Å². The number of aryl methyl sites for hydroxylation is 1. The molecule has 8 heteroatoms. The first-order chi connectivity index (χ1) is 13.5. The molecule has 7 nitrogen and oxygen atoms in total. The van der Waals surface area contributed by atoms with E-state index < -0.39 is 5.91 Å². The Morgan fingerprint density at radius 2 is 2.00 bits per heavy atom. The van der Waals surface area contributed by atoms with Crippen molar-refractivity contribution in [3.8, 4) is 5.69 Å². The maximum atomic E-state index is 13.3. The molecule has 0 radical (unpaired) electrons. The molecule has 142 valence electrons. The minimum absolute atomic E-state index is 0.0397. The largest absolute Gasteiger partial charge is 0.346 e. The number of benzene rings is 2. The Bertz CT molecular complexity index is 1030. The molecule has 0 spiro atoms. The van der Waals surface area contributed by atoms with Gasteiger partial charge in [0, 0.05) is 18.7 Å². The number of hydrogen-bond donors (Lipinski definition) is 1. The predicted molar refractivity (Wildman–Crippen MR) is 101 cm³/mol. The van der Waals surface area contributed by atoms with Crippen LogP contribution >= 0.6 is 0 Å². The van der Waals surface area contributed by atoms with Crippen LogP contribution in [0.1, 0.15) is 22.5 Å². The Morgan fingerprint density at radius 1 is 1.21 bits per heavy atom. The Kier molecular flexibility index (Phi) is 4.60. The van der Waals surface area contributed by atoms with Crippen molar-refractivity contribution in [3.63, 3.8) is 0 Å². The summed E-state index contributed by atoms with van der Waals surface area (Å²) in [6.07, 6.45) is 1.72. The summed E-state index contributed by atoms with van der Waals surface area (Å²) < 4.78 is 14.7. The van der Waals surface area contributed by atoms with Crippen LogP contribution in [0.15, 0.2) is 54.7 Å². The van der Waals surface area contributed by atoms with Gasteiger partial charge in [-0.2, -0.15) is 0 Å². The fraction of sp³-hybridized carbons (Fsp3) is 0.200. The number of anilines is 1. The lowest BCUT2D eigenvalue weighted by atomic mass is 10.2. The number of aromatic nitrogens is 3. The van der Waals surface area contributed by atoms with Crippen LogP contribution < -0.4 is 10.2 Å². The normalized spacial score (nSPS) is 16.4. The van der Waals surface area contributed by atoms with Crippen molar-refractivity contribution in [1.29, 1.82) is 0 Å². The molecule has 4 rings (SSSR count). The van der Waals surface area contributed by atoms with Crippen molar-refractivity contribution >= 4 is 17.5 Å². The Morgan fingerprint density at radius 3 is 2.75 bits per heavy atom. The number of rotatable bonds is 4. The maximum Gasteiger partial charge on any atom is 0.273 e. The van der Waals surface area contributed by atoms with Crippen LogP contribution in [0.25, 0.3) is 5.69 Å². The SMILES string of the molecule is Cc1cc(F)ccc1-n1cc(C(=O)NC2CC(=O)N(c3ccccc3)C2)nn1. The van der Waals surface area contributed by atoms with E-state index in [-0.39, 0.29) is 29.9 Å². The van der Waals surface area contributed by atoms with Gasteiger partial charge in [-0.25, -0.2) is 9.07 Å². The van der Waals surface area contributed by atoms with Gasteiger partial charge in [0.1, 0.15) is 5.82 Å². The quantitative estimate of drug-likeness (QED) is 0.754. The molecular formula is C20H18FN5O2. The van der Waals surface area contributed by atoms with E-state index in [2.05, 4.69) is 15.6 Å². The first-order valence-corrected chi connectivity index (χ1v) is 8.86. The molecule has 0 bridgehead atoms. The second-order valence-corrected chi connectivity index (χ2v) is 6.69. The highest BCUT2D eigenvalue weighted by atomic mass is 19.1. The smallest absolute Gasteiger partial charge is 0.273 e. The molecule has 3 aromatic rings. The number of hydrogen-bond acceptors (Lipinski definition) is 4. The zero-order chi connectivity index (χ0) is 19.7. The molecular weight excluding hydrogens is 361 g/mol. The second kappa shape index (κ2) is 7.22. The maximum absolute atomic E-state index is 13.3. The van der Waals surface area contributed by atoms with Gasteiger partial charge in [0.2, 0.25) is 5.91 Å². The van der Waals surface area contributed by atoms with Gasteiger partial charge in [0.25, 0.3) is 5.91 Å². The van der Waals surface area contributed by atoms with Gasteiger partial charge in [-0.15, -0.1) is 5.10 Å². The highest BCUT2D eigenvalue weighted by Gasteiger charge is 2.32. The van der Waals surface area contributed by atoms with E-state index in [9.17, 15) is 14.0 Å². The van der Waals surface area contributed by atoms with Crippen molar-refractivity contribution in [1.82, 2.24) is 20.3 Å². The number of carbonyl (C=O) groups is 2. The van der Waals surface area contributed by atoms with Crippen molar-refractivity contribution in [2.24, 2.45) is 0 Å². The van der Waals surface area contributed by atoms with Crippen molar-refractivity contribution in [2.75, 3.05) is 11.4 Å². The van der Waals surface area contributed by atoms with Crippen LogP contribution in [0.4, 0.5) is 10.1 Å². The van der Waals surface area contributed by atoms with E-state index in [1.165, 1.54) is 23.0 Å². The molecule has 1 atom stereocenters. The Balaban J connectivity index is 1.45. The third-order valence-electron chi connectivity index (χ3n) is 4.66. The summed E-state index contributed by atoms with van der Waals surface area (Å²) in [7, 11) is 0. The highest BCUT2D eigenvalue weighted by Crippen LogP contribution is 2.21. The van der Waals surface area contributed by atoms with E-state index in [4.69, 9.17) is 0 Å². The molecule has 1 fully saturated rings. The number of carbonyl (C=O) groups excluding carboxylic acids is 2. The fourth-order valence-corrected chi connectivity index (χ4v) is 3.28. The number of amides is 2. The van der Waals surface area contributed by atoms with Gasteiger partial charge in [-0.05, 0) is 42.8 Å². The minimum Gasteiger partial charge on any atom is -0.346 e. The molecule has 1 saturated heterocycles. The number of para-hydroxylation sites is 1. The molecule has 28 heavy (non-hydrogen) atoms. The standard InChI is InChI=1S/C20H18FN5O2/c1-13-9-14(21)7-8-18(13)26-12-17(23-24-26)20(28)22-15-10-19(27)25(11-15)16-5-3-2-4-6-16/h2-9,12,15H,10-11H2,1H3,(H,22,28). The van der Waals surface area contributed by atoms with E-state index in [1.807, 2.05) is 30.3 Å². The number of nitrogens with one attached hydrogen (secondary N) is 1. The van der Waals surface area contributed by atoms with Crippen LogP contribution in [-0.4, -0.2) is 39.4 Å². The summed E-state index contributed by atoms with van der Waals surface area (Å²) in [5.41, 5.74) is 2.26. The van der Waals surface area contributed by atoms with Crippen LogP contribution in [0.2, 0.25) is 0 Å². The van der Waals surface area contributed by atoms with Gasteiger partial charge in [0.05, 0.1) is 17.9 Å². The van der Waals surface area contributed by atoms with E-state index >= 15 is 0 Å². The van der Waals surface area contributed by atoms with Gasteiger partial charge < -0.3 is 10.2 Å². The van der Waals surface area contributed by atoms with Gasteiger partial charge >= 0.3 is 0 Å². The van der Waals surface area contributed by atoms with E-state index in [0.29, 0.717) is 17.8 Å². The first kappa shape index (κ1) is 17.8. The van der Waals surface area contributed by atoms with Crippen molar-refractivity contribution in [3.05, 3.63) is 71.8 Å². The van der Waals surface area contributed by atoms with Gasteiger partial charge in [-0.3, -0.25) is 9.59 Å². The fourth-order valence-electron chi connectivity index (χ4n) is 3.28. The third-order valence-corrected chi connectivity index (χ3v) is 4.66. The van der Waals surface area contributed by atoms with Crippen LogP contribution in [0.3, 0.4) is 0 Å². The zero-order valence-electron chi connectivity index (χ0n) is 15.2. The zero-order valence-corrected chi connectivity index (χ0v) is 15.2. The lowest BCUT2D eigenvalue weighted by Crippen LogP contribution is -2.37. The molecule has 1 aromatic heterocycles. The van der Waals surface area contributed by atoms with Gasteiger partial charge in [0.15, 0.2) is 5.69 Å². The lowest BCUT2D eigenvalue weighted by molar-refractivity contribution is -0.117. The summed E-state index contributed by atoms with van der Waals surface area (Å²) in [6.45, 7) is 2.15. The Labute approximate surface area is 160 Å². The van der Waals surface area contributed by atoms with E-state index in [1.54, 1.807) is 17.9 Å². The molecule has 1 aliphatic heterocycles. The second-order valence-electron chi connectivity index (χ2n) is 6.69. The molecule has 2 amide bonds. The van der Waals surface area contributed by atoms with Crippen molar-refractivity contribution in [2.45, 2.75) is 19.4 Å². The summed E-state index contributed by atoms with van der Waals surface area (Å²) in [5.74, 6) is -0.783. The molecule has 1 aliphatic rings. The molecule has 1 unspecified atom stereocenters. The van der Waals surface area contributed by atoms with Crippen LogP contribution in [0.5, 0.6) is 0 Å². The van der Waals surface area contributed by atoms with Crippen LogP contribution in [0, 0.1) is 12.7 Å². The summed E-state index contributed by atoms with van der Waals surface area (Å²) in [4.78, 5) is 26.4. The van der Waals surface area contributed by atoms with Crippen LogP contribution in [-0.2, 0) is 4.79 Å². The number of halogens is 1. The highest BCUT2D eigenvalue weighted by molar-refractivity contribution is 5.98. The Hall–Kier alpha value is -3.55. The average molecular weight is 379 g/mol. The summed E-state index contributed by atoms with van der Waals surface area (Å²) in [5, 5.41) is 10.7. The van der Waals surface area contributed by atoms with Crippen molar-refractivity contribution < 1.29 is 14.0 Å². The first-order valence-electron chi connectivity index (χ1n) is 8.86. The molecule has 2 heterocycles. The molecule has 0 aliphatic carbocycles. The minimum atomic E-state index is -0.404. The monoisotopic (exact) mass is 379 g/mol. The lowest BCUT2D eigenvalue weighted by Gasteiger charge is -2.16. The molecule has 2 aromatic carbocycles. The predicted octanol–water partition coefficient (Wildman–Crippen LogP) is 2.25.